The second-order valence-corrected chi connectivity index (χ2v) is 28.0. The lowest BCUT2D eigenvalue weighted by Gasteiger charge is -2.37. The molecule has 0 radical (unpaired) electrons. The maximum atomic E-state index is 15.2. The van der Waals surface area contributed by atoms with E-state index in [9.17, 15) is 57.5 Å². The van der Waals surface area contributed by atoms with Crippen LogP contribution in [0.5, 0.6) is 0 Å². The summed E-state index contributed by atoms with van der Waals surface area (Å²) in [7, 11) is 10.2. The molecule has 12 amide bonds. The number of esters is 1. The predicted molar refractivity (Wildman–Crippen MR) is 369 cm³/mol. The summed E-state index contributed by atoms with van der Waals surface area (Å²) in [5.74, 6) is -7.70. The van der Waals surface area contributed by atoms with Crippen LogP contribution in [0.2, 0.25) is 0 Å². The van der Waals surface area contributed by atoms with E-state index in [0.717, 1.165) is 32.1 Å². The van der Waals surface area contributed by atoms with Crippen molar-refractivity contribution in [3.05, 3.63) is 0 Å². The van der Waals surface area contributed by atoms with Gasteiger partial charge in [-0.2, -0.15) is 0 Å². The second-order valence-electron chi connectivity index (χ2n) is 28.0. The van der Waals surface area contributed by atoms with Crippen LogP contribution in [0.3, 0.4) is 0 Å². The number of nitrogens with one attached hydrogen (secondary N) is 6. The average Bonchev–Trinajstić information content (AvgIpc) is 0.842. The number of amides is 12. The molecule has 27 nitrogen and oxygen atoms in total. The fourth-order valence-corrected chi connectivity index (χ4v) is 10.9. The van der Waals surface area contributed by atoms with Gasteiger partial charge in [-0.1, -0.05) is 109 Å². The summed E-state index contributed by atoms with van der Waals surface area (Å²) in [6.45, 7) is 28.1. The molecular weight excluding hydrogens is 1240 g/mol. The van der Waals surface area contributed by atoms with Crippen molar-refractivity contribution in [2.24, 2.45) is 35.5 Å². The van der Waals surface area contributed by atoms with E-state index in [4.69, 9.17) is 9.47 Å². The van der Waals surface area contributed by atoms with E-state index in [-0.39, 0.29) is 99.9 Å². The Morgan fingerprint density at radius 3 is 1.44 bits per heavy atom. The Kier molecular flexibility index (Phi) is 42.3. The van der Waals surface area contributed by atoms with Crippen LogP contribution in [-0.2, 0) is 71.8 Å². The van der Waals surface area contributed by atoms with Gasteiger partial charge in [0.25, 0.3) is 0 Å². The van der Waals surface area contributed by atoms with Gasteiger partial charge in [0, 0.05) is 82.8 Å². The van der Waals surface area contributed by atoms with Crippen LogP contribution in [0.15, 0.2) is 0 Å². The zero-order valence-corrected chi connectivity index (χ0v) is 62.7. The monoisotopic (exact) mass is 1360 g/mol. The van der Waals surface area contributed by atoms with Crippen LogP contribution < -0.4 is 31.9 Å². The molecule has 27 heteroatoms. The summed E-state index contributed by atoms with van der Waals surface area (Å²) in [5.41, 5.74) is 0. The van der Waals surface area contributed by atoms with Crippen LogP contribution in [-0.4, -0.2) is 243 Å². The highest BCUT2D eigenvalue weighted by Crippen LogP contribution is 2.23. The summed E-state index contributed by atoms with van der Waals surface area (Å²) in [5, 5.41) is 16.4. The molecule has 0 aromatic heterocycles. The molecule has 10 atom stereocenters. The Hall–Kier alpha value is -6.93. The average molecular weight is 1360 g/mol. The lowest BCUT2D eigenvalue weighted by atomic mass is 9.93. The van der Waals surface area contributed by atoms with Gasteiger partial charge in [0.1, 0.15) is 54.4 Å². The van der Waals surface area contributed by atoms with Crippen LogP contribution >= 0.6 is 0 Å². The van der Waals surface area contributed by atoms with E-state index in [2.05, 4.69) is 31.9 Å². The molecule has 0 aromatic rings. The van der Waals surface area contributed by atoms with E-state index in [1.54, 1.807) is 27.8 Å². The van der Waals surface area contributed by atoms with Crippen LogP contribution in [0, 0.1) is 35.5 Å². The smallest absolute Gasteiger partial charge is 0.302 e. The van der Waals surface area contributed by atoms with Crippen molar-refractivity contribution in [3.8, 4) is 0 Å². The van der Waals surface area contributed by atoms with E-state index in [1.165, 1.54) is 99.4 Å². The summed E-state index contributed by atoms with van der Waals surface area (Å²) >= 11 is 0. The zero-order valence-electron chi connectivity index (χ0n) is 62.7. The Labute approximate surface area is 574 Å². The minimum Gasteiger partial charge on any atom is -0.466 e. The molecule has 6 N–H and O–H groups in total. The highest BCUT2D eigenvalue weighted by molar-refractivity contribution is 5.99. The van der Waals surface area contributed by atoms with Crippen LogP contribution in [0.4, 0.5) is 0 Å². The van der Waals surface area contributed by atoms with E-state index in [0.29, 0.717) is 25.8 Å². The number of hydrogen-bond acceptors (Lipinski definition) is 15. The number of likely N-dealkylation sites (N-methyl/N-ethyl adjacent to an activating group) is 7. The number of ether oxygens (including phenoxy) is 2. The lowest BCUT2D eigenvalue weighted by molar-refractivity contribution is -0.152. The molecule has 96 heavy (non-hydrogen) atoms. The van der Waals surface area contributed by atoms with Gasteiger partial charge >= 0.3 is 5.97 Å². The normalized spacial score (nSPS) is 14.5. The Balaban J connectivity index is 7.03. The lowest BCUT2D eigenvalue weighted by Crippen LogP contribution is -2.62. The van der Waals surface area contributed by atoms with Crippen LogP contribution in [0.1, 0.15) is 194 Å². The number of carbonyl (C=O) groups is 13. The molecule has 0 rings (SSSR count). The highest BCUT2D eigenvalue weighted by Gasteiger charge is 2.42. The molecule has 0 saturated heterocycles. The minimum atomic E-state index is -1.36. The topological polar surface area (TPSA) is 332 Å². The molecule has 0 aromatic carbocycles. The van der Waals surface area contributed by atoms with Gasteiger partial charge in [-0.25, -0.2) is 0 Å². The summed E-state index contributed by atoms with van der Waals surface area (Å²) < 4.78 is 11.1. The van der Waals surface area contributed by atoms with Gasteiger partial charge < -0.3 is 70.8 Å². The molecule has 0 spiro atoms. The maximum Gasteiger partial charge on any atom is 0.302 e. The Morgan fingerprint density at radius 2 is 0.927 bits per heavy atom. The standard InChI is InChI=1S/C69H126N12O15/c1-24-52(74-63(88)55(77(19)59(85)38-45(8)9)39-47(12)31-27-25-26-28-32-71-50(15)82)66(91)81(23)57(41-95-33-29-30-34-96-51(16)83)68(93)78(20)54(36-43(4)5)64(89)75-60(46(10)11)69(94)79(21)53(35-42(2)3)62(87)72-48(13)61(86)73-49(14)65(90)80(22)56(37-44(6)7)67(92)76(18)40-58(84)70-17/h42-49,52-57,60H,24-41H2,1-23H3,(H,70,84)(H,71,82)(H,72,87)(H,73,86)(H,74,88)(H,75,89)/t47-,48-,49+,52+,53+,54+,55?,56+,57-,60+/m1/s1. The first-order chi connectivity index (χ1) is 44.7. The molecular formula is C69H126N12O15. The maximum absolute atomic E-state index is 15.2. The predicted octanol–water partition coefficient (Wildman–Crippen LogP) is 4.03. The summed E-state index contributed by atoms with van der Waals surface area (Å²) in [6.07, 6.45) is 6.34. The van der Waals surface area contributed by atoms with Gasteiger partial charge in [0.15, 0.2) is 0 Å². The quantitative estimate of drug-likeness (QED) is 0.0370. The van der Waals surface area contributed by atoms with Gasteiger partial charge in [0.2, 0.25) is 70.9 Å². The third-order valence-corrected chi connectivity index (χ3v) is 16.9. The fraction of sp³-hybridized carbons (Fsp3) is 0.812. The van der Waals surface area contributed by atoms with Gasteiger partial charge in [-0.3, -0.25) is 62.3 Å². The number of nitrogens with zero attached hydrogens (tertiary/aromatic N) is 6. The molecule has 0 fully saturated rings. The summed E-state index contributed by atoms with van der Waals surface area (Å²) in [4.78, 5) is 186. The molecule has 0 heterocycles. The fourth-order valence-electron chi connectivity index (χ4n) is 10.9. The Bertz CT molecular complexity index is 2510. The first-order valence-corrected chi connectivity index (χ1v) is 34.6. The van der Waals surface area contributed by atoms with Crippen molar-refractivity contribution in [2.45, 2.75) is 249 Å². The molecule has 0 aliphatic rings. The van der Waals surface area contributed by atoms with E-state index >= 15 is 4.79 Å². The zero-order chi connectivity index (χ0) is 74.0. The molecule has 0 aliphatic heterocycles. The first-order valence-electron chi connectivity index (χ1n) is 34.6. The van der Waals surface area contributed by atoms with Crippen molar-refractivity contribution in [2.75, 3.05) is 82.2 Å². The van der Waals surface area contributed by atoms with Crippen molar-refractivity contribution >= 4 is 76.9 Å². The van der Waals surface area contributed by atoms with E-state index < -0.39 is 125 Å². The van der Waals surface area contributed by atoms with Gasteiger partial charge in [-0.15, -0.1) is 0 Å². The van der Waals surface area contributed by atoms with Crippen molar-refractivity contribution < 1.29 is 71.8 Å². The second kappa shape index (κ2) is 45.6. The van der Waals surface area contributed by atoms with Gasteiger partial charge in [-0.05, 0) is 101 Å². The van der Waals surface area contributed by atoms with Crippen molar-refractivity contribution in [1.29, 1.82) is 0 Å². The van der Waals surface area contributed by atoms with Gasteiger partial charge in [0.05, 0.1) is 19.8 Å². The number of unbranched alkanes of at least 4 members (excludes halogenated alkanes) is 4. The molecule has 0 aliphatic carbocycles. The van der Waals surface area contributed by atoms with Crippen LogP contribution in [0.25, 0.3) is 0 Å². The third kappa shape index (κ3) is 32.4. The minimum absolute atomic E-state index is 0.0137. The Morgan fingerprint density at radius 1 is 0.448 bits per heavy atom. The number of hydrogen-bond donors (Lipinski definition) is 6. The number of carbonyl (C=O) groups excluding carboxylic acids is 13. The molecule has 0 bridgehead atoms. The molecule has 1 unspecified atom stereocenters. The third-order valence-electron chi connectivity index (χ3n) is 16.9. The van der Waals surface area contributed by atoms with E-state index in [1.807, 2.05) is 62.3 Å². The first kappa shape index (κ1) is 89.1. The number of rotatable bonds is 46. The molecule has 552 valence electrons. The SMILES string of the molecule is CC[C@H](NC(=O)C(C[C@H](C)CCCCCCNC(C)=O)N(C)C(=O)CC(C)C)C(=O)N(C)[C@H](COCCCCOC(C)=O)C(=O)N(C)[C@@H](CC(C)C)C(=O)N[C@H](C(=O)N(C)[C@@H](CC(C)C)C(=O)N[C@H](C)C(=O)N[C@@H](C)C(=O)N(C)[C@@H](CC(C)C)C(=O)N(C)CC(=O)NC)C(C)C. The molecule has 0 saturated carbocycles. The highest BCUT2D eigenvalue weighted by atomic mass is 16.5. The summed E-state index contributed by atoms with van der Waals surface area (Å²) in [6, 6.07) is -10.4. The van der Waals surface area contributed by atoms with Crippen molar-refractivity contribution in [3.63, 3.8) is 0 Å². The van der Waals surface area contributed by atoms with Crippen molar-refractivity contribution in [1.82, 2.24) is 61.3 Å². The largest absolute Gasteiger partial charge is 0.466 e.